The van der Waals surface area contributed by atoms with Crippen LogP contribution in [0.5, 0.6) is 5.75 Å². The Hall–Kier alpha value is -3.60. The first kappa shape index (κ1) is 25.1. The molecular formula is C27H26N4O4S2. The molecule has 0 unspecified atom stereocenters. The van der Waals surface area contributed by atoms with Crippen molar-refractivity contribution >= 4 is 48.8 Å². The number of amides is 1. The van der Waals surface area contributed by atoms with Crippen molar-refractivity contribution in [1.82, 2.24) is 9.29 Å². The molecule has 1 aromatic heterocycles. The number of carbonyl (C=O) groups is 1. The van der Waals surface area contributed by atoms with E-state index in [2.05, 4.69) is 10.1 Å². The molecule has 4 aromatic rings. The van der Waals surface area contributed by atoms with Crippen molar-refractivity contribution in [2.45, 2.75) is 24.2 Å². The lowest BCUT2D eigenvalue weighted by atomic mass is 10.2. The predicted molar refractivity (Wildman–Crippen MR) is 146 cm³/mol. The van der Waals surface area contributed by atoms with Crippen LogP contribution in [-0.4, -0.2) is 50.0 Å². The second kappa shape index (κ2) is 10.8. The summed E-state index contributed by atoms with van der Waals surface area (Å²) in [6, 6.07) is 21.0. The van der Waals surface area contributed by atoms with Gasteiger partial charge in [0.25, 0.3) is 5.91 Å². The smallest absolute Gasteiger partial charge is 0.280 e. The van der Waals surface area contributed by atoms with Crippen LogP contribution in [0.1, 0.15) is 35.2 Å². The number of anilines is 1. The van der Waals surface area contributed by atoms with E-state index in [-0.39, 0.29) is 4.90 Å². The molecular weight excluding hydrogens is 508 g/mol. The van der Waals surface area contributed by atoms with Crippen molar-refractivity contribution in [1.29, 1.82) is 0 Å². The lowest BCUT2D eigenvalue weighted by Crippen LogP contribution is -2.35. The van der Waals surface area contributed by atoms with Crippen molar-refractivity contribution < 1.29 is 17.9 Å². The highest BCUT2D eigenvalue weighted by Gasteiger charge is 2.27. The van der Waals surface area contributed by atoms with E-state index in [9.17, 15) is 13.2 Å². The van der Waals surface area contributed by atoms with Gasteiger partial charge < -0.3 is 4.74 Å². The molecule has 37 heavy (non-hydrogen) atoms. The molecule has 1 fully saturated rings. The van der Waals surface area contributed by atoms with Gasteiger partial charge in [0.2, 0.25) is 15.2 Å². The molecule has 0 aliphatic carbocycles. The molecule has 3 aromatic carbocycles. The number of hydrogen-bond acceptors (Lipinski definition) is 7. The number of rotatable bonds is 7. The SMILES string of the molecule is COc1ccc2nc(N(/N=C/c3ccccc3)C(=O)c3ccc(S(=O)(=O)N4CCCCC4)cc3)sc2c1. The second-order valence-corrected chi connectivity index (χ2v) is 11.5. The Kier molecular flexibility index (Phi) is 7.31. The minimum atomic E-state index is -3.59. The van der Waals surface area contributed by atoms with E-state index in [1.54, 1.807) is 13.3 Å². The zero-order valence-corrected chi connectivity index (χ0v) is 21.9. The van der Waals surface area contributed by atoms with Gasteiger partial charge in [-0.15, -0.1) is 0 Å². The Balaban J connectivity index is 1.47. The molecule has 1 saturated heterocycles. The molecule has 1 aliphatic heterocycles. The number of methoxy groups -OCH3 is 1. The summed E-state index contributed by atoms with van der Waals surface area (Å²) < 4.78 is 33.7. The minimum Gasteiger partial charge on any atom is -0.497 e. The van der Waals surface area contributed by atoms with E-state index in [1.165, 1.54) is 44.9 Å². The molecule has 2 heterocycles. The van der Waals surface area contributed by atoms with Crippen molar-refractivity contribution in [3.05, 3.63) is 83.9 Å². The highest BCUT2D eigenvalue weighted by molar-refractivity contribution is 7.89. The predicted octanol–water partition coefficient (Wildman–Crippen LogP) is 5.16. The summed E-state index contributed by atoms with van der Waals surface area (Å²) in [5, 5.41) is 6.11. The summed E-state index contributed by atoms with van der Waals surface area (Å²) in [5.74, 6) is 0.277. The maximum absolute atomic E-state index is 13.6. The van der Waals surface area contributed by atoms with Crippen LogP contribution in [0.3, 0.4) is 0 Å². The summed E-state index contributed by atoms with van der Waals surface area (Å²) in [6.07, 6.45) is 4.35. The van der Waals surface area contributed by atoms with Crippen molar-refractivity contribution in [2.75, 3.05) is 25.2 Å². The molecule has 1 aliphatic rings. The number of benzene rings is 3. The number of ether oxygens (including phenoxy) is 1. The Morgan fingerprint density at radius 1 is 1.03 bits per heavy atom. The van der Waals surface area contributed by atoms with Crippen LogP contribution in [-0.2, 0) is 10.0 Å². The fourth-order valence-corrected chi connectivity index (χ4v) is 6.58. The topological polar surface area (TPSA) is 92.2 Å². The summed E-state index contributed by atoms with van der Waals surface area (Å²) in [5.41, 5.74) is 1.85. The highest BCUT2D eigenvalue weighted by Crippen LogP contribution is 2.32. The third kappa shape index (κ3) is 5.41. The summed E-state index contributed by atoms with van der Waals surface area (Å²) >= 11 is 1.32. The zero-order chi connectivity index (χ0) is 25.8. The van der Waals surface area contributed by atoms with Crippen LogP contribution in [0.25, 0.3) is 10.2 Å². The van der Waals surface area contributed by atoms with Crippen molar-refractivity contribution in [3.63, 3.8) is 0 Å². The van der Waals surface area contributed by atoms with Gasteiger partial charge in [0.15, 0.2) is 0 Å². The number of sulfonamides is 1. The van der Waals surface area contributed by atoms with E-state index in [4.69, 9.17) is 4.74 Å². The molecule has 5 rings (SSSR count). The van der Waals surface area contributed by atoms with Gasteiger partial charge in [0, 0.05) is 18.7 Å². The number of hydrazone groups is 1. The Labute approximate surface area is 219 Å². The monoisotopic (exact) mass is 534 g/mol. The highest BCUT2D eigenvalue weighted by atomic mass is 32.2. The largest absolute Gasteiger partial charge is 0.497 e. The maximum atomic E-state index is 13.6. The van der Waals surface area contributed by atoms with Crippen LogP contribution in [0.15, 0.2) is 82.8 Å². The number of aromatic nitrogens is 1. The van der Waals surface area contributed by atoms with E-state index < -0.39 is 15.9 Å². The fraction of sp³-hybridized carbons (Fsp3) is 0.222. The van der Waals surface area contributed by atoms with E-state index >= 15 is 0 Å². The molecule has 10 heteroatoms. The van der Waals surface area contributed by atoms with Gasteiger partial charge in [-0.2, -0.15) is 14.4 Å². The average Bonchev–Trinajstić information content (AvgIpc) is 3.37. The number of thiazole rings is 1. The molecule has 190 valence electrons. The average molecular weight is 535 g/mol. The first-order valence-electron chi connectivity index (χ1n) is 11.9. The first-order valence-corrected chi connectivity index (χ1v) is 14.2. The normalized spacial score (nSPS) is 14.7. The van der Waals surface area contributed by atoms with E-state index in [1.807, 2.05) is 48.5 Å². The molecule has 0 N–H and O–H groups in total. The zero-order valence-electron chi connectivity index (χ0n) is 20.3. The summed E-state index contributed by atoms with van der Waals surface area (Å²) in [6.45, 7) is 1.04. The number of fused-ring (bicyclic) bond motifs is 1. The quantitative estimate of drug-likeness (QED) is 0.241. The lowest BCUT2D eigenvalue weighted by Gasteiger charge is -2.25. The van der Waals surface area contributed by atoms with Crippen LogP contribution < -0.4 is 9.75 Å². The molecule has 0 atom stereocenters. The molecule has 8 nitrogen and oxygen atoms in total. The van der Waals surface area contributed by atoms with Gasteiger partial charge >= 0.3 is 0 Å². The fourth-order valence-electron chi connectivity index (χ4n) is 4.11. The van der Waals surface area contributed by atoms with Crippen LogP contribution >= 0.6 is 11.3 Å². The van der Waals surface area contributed by atoms with Gasteiger partial charge in [0.05, 0.1) is 28.4 Å². The van der Waals surface area contributed by atoms with E-state index in [0.29, 0.717) is 29.5 Å². The third-order valence-corrected chi connectivity index (χ3v) is 9.04. The number of hydrogen-bond donors (Lipinski definition) is 0. The van der Waals surface area contributed by atoms with Gasteiger partial charge in [-0.1, -0.05) is 48.1 Å². The van der Waals surface area contributed by atoms with Gasteiger partial charge in [-0.05, 0) is 60.9 Å². The van der Waals surface area contributed by atoms with Gasteiger partial charge in [-0.25, -0.2) is 13.4 Å². The summed E-state index contributed by atoms with van der Waals surface area (Å²) in [4.78, 5) is 18.4. The minimum absolute atomic E-state index is 0.178. The first-order chi connectivity index (χ1) is 18.0. The number of nitrogens with zero attached hydrogens (tertiary/aromatic N) is 4. The number of piperidine rings is 1. The van der Waals surface area contributed by atoms with E-state index in [0.717, 1.165) is 35.0 Å². The van der Waals surface area contributed by atoms with Crippen LogP contribution in [0.4, 0.5) is 5.13 Å². The molecule has 0 radical (unpaired) electrons. The van der Waals surface area contributed by atoms with Gasteiger partial charge in [0.1, 0.15) is 5.75 Å². The maximum Gasteiger partial charge on any atom is 0.280 e. The summed E-state index contributed by atoms with van der Waals surface area (Å²) in [7, 11) is -1.99. The third-order valence-electron chi connectivity index (χ3n) is 6.13. The van der Waals surface area contributed by atoms with Crippen molar-refractivity contribution in [3.8, 4) is 5.75 Å². The standard InChI is InChI=1S/C27H26N4O4S2/c1-35-22-12-15-24-25(18-22)36-27(29-24)31(28-19-20-8-4-2-5-9-20)26(32)21-10-13-23(14-11-21)37(33,34)30-16-6-3-7-17-30/h2,4-5,8-15,18-19H,3,6-7,16-17H2,1H3/b28-19+. The molecule has 1 amide bonds. The lowest BCUT2D eigenvalue weighted by molar-refractivity contribution is 0.0987. The van der Waals surface area contributed by atoms with Crippen LogP contribution in [0, 0.1) is 0 Å². The molecule has 0 bridgehead atoms. The molecule has 0 spiro atoms. The Morgan fingerprint density at radius 3 is 2.46 bits per heavy atom. The van der Waals surface area contributed by atoms with Gasteiger partial charge in [-0.3, -0.25) is 4.79 Å². The molecule has 0 saturated carbocycles. The Bertz CT molecular complexity index is 1530. The second-order valence-electron chi connectivity index (χ2n) is 8.59. The van der Waals surface area contributed by atoms with Crippen molar-refractivity contribution in [2.24, 2.45) is 5.10 Å². The number of carbonyl (C=O) groups excluding carboxylic acids is 1. The Morgan fingerprint density at radius 2 is 1.76 bits per heavy atom. The van der Waals surface area contributed by atoms with Crippen LogP contribution in [0.2, 0.25) is 0 Å².